The van der Waals surface area contributed by atoms with Gasteiger partial charge in [-0.25, -0.2) is 0 Å². The first-order valence-corrected chi connectivity index (χ1v) is 9.56. The van der Waals surface area contributed by atoms with Crippen molar-refractivity contribution in [3.63, 3.8) is 0 Å². The molecule has 0 unspecified atom stereocenters. The molecule has 0 saturated heterocycles. The van der Waals surface area contributed by atoms with Crippen LogP contribution in [0.5, 0.6) is 0 Å². The van der Waals surface area contributed by atoms with Crippen molar-refractivity contribution in [2.24, 2.45) is 0 Å². The summed E-state index contributed by atoms with van der Waals surface area (Å²) in [7, 11) is 0. The molecule has 0 saturated carbocycles. The molecule has 0 N–H and O–H groups in total. The zero-order chi connectivity index (χ0) is 9.07. The fourth-order valence-corrected chi connectivity index (χ4v) is 7.14. The van der Waals surface area contributed by atoms with Crippen LogP contribution in [-0.2, 0) is 10.2 Å². The maximum atomic E-state index is 10.9. The van der Waals surface area contributed by atoms with Crippen LogP contribution in [0.4, 0.5) is 0 Å². The predicted molar refractivity (Wildman–Crippen MR) is 47.1 cm³/mol. The molecule has 0 aliphatic carbocycles. The quantitative estimate of drug-likeness (QED) is 0.650. The first kappa shape index (κ1) is 11.5. The van der Waals surface area contributed by atoms with Crippen LogP contribution in [0.25, 0.3) is 0 Å². The Labute approximate surface area is 72.0 Å². The first-order chi connectivity index (χ1) is 5.01. The molecule has 2 nitrogen and oxygen atoms in total. The summed E-state index contributed by atoms with van der Waals surface area (Å²) in [4.78, 5) is 0. The molecule has 0 fully saturated rings. The van der Waals surface area contributed by atoms with Gasteiger partial charge in [-0.2, -0.15) is 0 Å². The second-order valence-corrected chi connectivity index (χ2v) is 15.1. The summed E-state index contributed by atoms with van der Waals surface area (Å²) in [6, 6.07) is 0. The Morgan fingerprint density at radius 1 is 0.909 bits per heavy atom. The van der Waals surface area contributed by atoms with Gasteiger partial charge in [-0.1, -0.05) is 0 Å². The third-order valence-corrected chi connectivity index (χ3v) is 14.7. The summed E-state index contributed by atoms with van der Waals surface area (Å²) in [6.07, 6.45) is 0. The Kier molecular flexibility index (Phi) is 4.67. The molecule has 0 amide bonds. The van der Waals surface area contributed by atoms with E-state index in [9.17, 15) is 10.2 Å². The average molecular weight is 219 g/mol. The van der Waals surface area contributed by atoms with Crippen LogP contribution in [0.2, 0.25) is 9.50 Å². The van der Waals surface area contributed by atoms with Gasteiger partial charge in [0.25, 0.3) is 0 Å². The van der Waals surface area contributed by atoms with E-state index in [1.165, 1.54) is 0 Å². The Bertz CT molecular complexity index is 98.7. The van der Waals surface area contributed by atoms with E-state index in [2.05, 4.69) is 0 Å². The average Bonchev–Trinajstić information content (AvgIpc) is 1.90. The molecule has 11 heavy (non-hydrogen) atoms. The molecular formula is C8H18GeO2. The van der Waals surface area contributed by atoms with E-state index < -0.39 is 13.3 Å². The molecule has 0 aromatic rings. The zero-order valence-corrected chi connectivity index (χ0v) is 9.98. The summed E-state index contributed by atoms with van der Waals surface area (Å²) in [6.45, 7) is 8.15. The van der Waals surface area contributed by atoms with Crippen LogP contribution >= 0.6 is 0 Å². The summed E-state index contributed by atoms with van der Waals surface area (Å²) in [5.41, 5.74) is -0.113. The molecule has 0 atom stereocenters. The SMILES string of the molecule is C[CH](C)[Ge]([CH2][O])([CH2][O])[CH](C)C. The van der Waals surface area contributed by atoms with E-state index in [0.29, 0.717) is 9.50 Å². The van der Waals surface area contributed by atoms with E-state index in [-0.39, 0.29) is 10.9 Å². The van der Waals surface area contributed by atoms with Crippen molar-refractivity contribution >= 4 is 13.3 Å². The number of hydrogen-bond acceptors (Lipinski definition) is 0. The van der Waals surface area contributed by atoms with Crippen molar-refractivity contribution in [1.29, 1.82) is 0 Å². The van der Waals surface area contributed by atoms with Crippen molar-refractivity contribution < 1.29 is 10.2 Å². The minimum absolute atomic E-state index is 0.0567. The molecule has 0 rings (SSSR count). The van der Waals surface area contributed by atoms with Crippen molar-refractivity contribution in [2.45, 2.75) is 37.2 Å². The summed E-state index contributed by atoms with van der Waals surface area (Å²) in [5, 5.41) is 21.9. The van der Waals surface area contributed by atoms with E-state index >= 15 is 0 Å². The van der Waals surface area contributed by atoms with Gasteiger partial charge in [0.05, 0.1) is 0 Å². The molecule has 0 aromatic carbocycles. The Hall–Kier alpha value is 0.463. The van der Waals surface area contributed by atoms with Gasteiger partial charge in [-0.05, 0) is 0 Å². The molecule has 0 aliphatic heterocycles. The van der Waals surface area contributed by atoms with Crippen LogP contribution in [0.15, 0.2) is 0 Å². The van der Waals surface area contributed by atoms with Crippen molar-refractivity contribution in [1.82, 2.24) is 0 Å². The van der Waals surface area contributed by atoms with Gasteiger partial charge in [0, 0.05) is 0 Å². The monoisotopic (exact) mass is 220 g/mol. The standard InChI is InChI=1S/C8H18GeO2/c1-7(2)9(5-10,6-11)8(3)4/h7-8H,5-6H2,1-4H3. The summed E-state index contributed by atoms with van der Waals surface area (Å²) in [5.74, 6) is 0. The summed E-state index contributed by atoms with van der Waals surface area (Å²) >= 11 is -2.53. The van der Waals surface area contributed by atoms with Gasteiger partial charge < -0.3 is 0 Å². The van der Waals surface area contributed by atoms with Crippen LogP contribution in [0.3, 0.4) is 0 Å². The van der Waals surface area contributed by atoms with Gasteiger partial charge in [0.1, 0.15) is 0 Å². The van der Waals surface area contributed by atoms with Gasteiger partial charge in [-0.3, -0.25) is 0 Å². The molecule has 0 bridgehead atoms. The van der Waals surface area contributed by atoms with E-state index in [0.717, 1.165) is 0 Å². The van der Waals surface area contributed by atoms with Crippen LogP contribution in [-0.4, -0.2) is 24.1 Å². The van der Waals surface area contributed by atoms with E-state index in [1.807, 2.05) is 27.7 Å². The second-order valence-electron chi connectivity index (χ2n) is 3.83. The molecule has 0 aromatic heterocycles. The molecule has 3 heteroatoms. The Morgan fingerprint density at radius 2 is 1.18 bits per heavy atom. The molecule has 2 radical (unpaired) electrons. The van der Waals surface area contributed by atoms with E-state index in [1.54, 1.807) is 0 Å². The van der Waals surface area contributed by atoms with Gasteiger partial charge in [0.15, 0.2) is 0 Å². The van der Waals surface area contributed by atoms with Crippen LogP contribution < -0.4 is 0 Å². The Morgan fingerprint density at radius 3 is 1.18 bits per heavy atom. The van der Waals surface area contributed by atoms with Gasteiger partial charge in [0.2, 0.25) is 0 Å². The number of rotatable bonds is 4. The van der Waals surface area contributed by atoms with Crippen LogP contribution in [0.1, 0.15) is 27.7 Å². The molecule has 0 heterocycles. The predicted octanol–water partition coefficient (Wildman–Crippen LogP) is 2.19. The maximum absolute atomic E-state index is 10.9. The number of hydrogen-bond donors (Lipinski definition) is 0. The first-order valence-electron chi connectivity index (χ1n) is 4.17. The zero-order valence-electron chi connectivity index (χ0n) is 7.89. The molecule has 0 aliphatic rings. The van der Waals surface area contributed by atoms with Crippen molar-refractivity contribution in [2.75, 3.05) is 10.9 Å². The minimum atomic E-state index is -2.53. The Balaban J connectivity index is 4.46. The third kappa shape index (κ3) is 2.20. The fourth-order valence-electron chi connectivity index (χ4n) is 1.38. The normalized spacial score (nSPS) is 13.1. The molecule has 66 valence electrons. The van der Waals surface area contributed by atoms with Gasteiger partial charge in [-0.15, -0.1) is 0 Å². The van der Waals surface area contributed by atoms with Gasteiger partial charge >= 0.3 is 71.6 Å². The molecular weight excluding hydrogens is 201 g/mol. The van der Waals surface area contributed by atoms with Crippen molar-refractivity contribution in [3.8, 4) is 0 Å². The molecule has 0 spiro atoms. The second kappa shape index (κ2) is 4.48. The van der Waals surface area contributed by atoms with Crippen molar-refractivity contribution in [3.05, 3.63) is 0 Å². The summed E-state index contributed by atoms with van der Waals surface area (Å²) < 4.78 is 0.759. The third-order valence-electron chi connectivity index (χ3n) is 2.84. The van der Waals surface area contributed by atoms with E-state index in [4.69, 9.17) is 0 Å². The van der Waals surface area contributed by atoms with Crippen LogP contribution in [0, 0.1) is 0 Å². The topological polar surface area (TPSA) is 39.8 Å². The fraction of sp³-hybridized carbons (Fsp3) is 1.00.